The van der Waals surface area contributed by atoms with Gasteiger partial charge in [-0.05, 0) is 49.6 Å². The number of nitrogens with zero attached hydrogens (tertiary/aromatic N) is 1. The van der Waals surface area contributed by atoms with E-state index in [0.717, 1.165) is 16.8 Å². The Balaban J connectivity index is 2.11. The Morgan fingerprint density at radius 2 is 1.73 bits per heavy atom. The van der Waals surface area contributed by atoms with Crippen molar-refractivity contribution in [3.05, 3.63) is 69.3 Å². The Bertz CT molecular complexity index is 708. The van der Waals surface area contributed by atoms with Gasteiger partial charge in [-0.2, -0.15) is 0 Å². The number of carbonyl (C=O) groups excluding carboxylic acids is 1. The highest BCUT2D eigenvalue weighted by Gasteiger charge is 2.16. The minimum Gasteiger partial charge on any atom is -0.326 e. The number of benzene rings is 2. The summed E-state index contributed by atoms with van der Waals surface area (Å²) in [6, 6.07) is 11.8. The van der Waals surface area contributed by atoms with Crippen molar-refractivity contribution in [3.8, 4) is 0 Å². The van der Waals surface area contributed by atoms with Gasteiger partial charge < -0.3 is 5.32 Å². The molecule has 2 aromatic carbocycles. The minimum atomic E-state index is -0.455. The molecule has 5 heteroatoms. The van der Waals surface area contributed by atoms with Crippen molar-refractivity contribution in [3.63, 3.8) is 0 Å². The van der Waals surface area contributed by atoms with Crippen LogP contribution in [0.5, 0.6) is 0 Å². The zero-order valence-corrected chi connectivity index (χ0v) is 12.8. The molecule has 5 nitrogen and oxygen atoms in total. The van der Waals surface area contributed by atoms with Crippen molar-refractivity contribution in [2.45, 2.75) is 26.7 Å². The Hall–Kier alpha value is -2.69. The van der Waals surface area contributed by atoms with E-state index in [4.69, 9.17) is 0 Å². The fourth-order valence-corrected chi connectivity index (χ4v) is 2.11. The number of nitrogens with one attached hydrogen (secondary N) is 1. The Morgan fingerprint density at radius 3 is 2.27 bits per heavy atom. The predicted molar refractivity (Wildman–Crippen MR) is 86.1 cm³/mol. The number of amides is 1. The number of nitro groups is 1. The van der Waals surface area contributed by atoms with Crippen LogP contribution in [0.1, 0.15) is 29.5 Å². The lowest BCUT2D eigenvalue weighted by atomic mass is 10.00. The number of nitro benzene ring substituents is 1. The zero-order valence-electron chi connectivity index (χ0n) is 12.8. The third-order valence-electron chi connectivity index (χ3n) is 3.77. The molecule has 0 radical (unpaired) electrons. The van der Waals surface area contributed by atoms with Gasteiger partial charge in [0.1, 0.15) is 0 Å². The molecule has 114 valence electrons. The number of hydrogen-bond acceptors (Lipinski definition) is 3. The van der Waals surface area contributed by atoms with E-state index >= 15 is 0 Å². The molecule has 1 atom stereocenters. The van der Waals surface area contributed by atoms with E-state index in [-0.39, 0.29) is 17.5 Å². The van der Waals surface area contributed by atoms with Gasteiger partial charge in [0.05, 0.1) is 10.8 Å². The van der Waals surface area contributed by atoms with E-state index < -0.39 is 4.92 Å². The summed E-state index contributed by atoms with van der Waals surface area (Å²) in [5.74, 6) is -0.528. The largest absolute Gasteiger partial charge is 0.326 e. The SMILES string of the molecule is Cc1ccc(NC(=O)C(C)c2ccc([N+](=O)[O-])cc2)cc1C. The summed E-state index contributed by atoms with van der Waals surface area (Å²) in [4.78, 5) is 22.5. The summed E-state index contributed by atoms with van der Waals surface area (Å²) in [6.45, 7) is 5.78. The first-order chi connectivity index (χ1) is 10.4. The molecular weight excluding hydrogens is 280 g/mol. The lowest BCUT2D eigenvalue weighted by Crippen LogP contribution is -2.18. The molecular formula is C17H18N2O3. The van der Waals surface area contributed by atoms with Crippen molar-refractivity contribution >= 4 is 17.3 Å². The highest BCUT2D eigenvalue weighted by Crippen LogP contribution is 2.22. The molecule has 0 saturated heterocycles. The Morgan fingerprint density at radius 1 is 1.09 bits per heavy atom. The molecule has 1 amide bonds. The van der Waals surface area contributed by atoms with Gasteiger partial charge in [0, 0.05) is 17.8 Å². The van der Waals surface area contributed by atoms with E-state index in [0.29, 0.717) is 0 Å². The highest BCUT2D eigenvalue weighted by molar-refractivity contribution is 5.95. The number of anilines is 1. The first-order valence-electron chi connectivity index (χ1n) is 7.01. The Labute approximate surface area is 129 Å². The molecule has 0 aliphatic heterocycles. The molecule has 0 bridgehead atoms. The van der Waals surface area contributed by atoms with E-state index in [1.807, 2.05) is 32.0 Å². The van der Waals surface area contributed by atoms with Gasteiger partial charge in [-0.25, -0.2) is 0 Å². The van der Waals surface area contributed by atoms with E-state index in [2.05, 4.69) is 5.32 Å². The van der Waals surface area contributed by atoms with Gasteiger partial charge in [0.25, 0.3) is 5.69 Å². The molecule has 0 aliphatic rings. The van der Waals surface area contributed by atoms with Crippen molar-refractivity contribution in [2.24, 2.45) is 0 Å². The van der Waals surface area contributed by atoms with Crippen LogP contribution in [-0.2, 0) is 4.79 Å². The standard InChI is InChI=1S/C17H18N2O3/c1-11-4-7-15(10-12(11)2)18-17(20)13(3)14-5-8-16(9-6-14)19(21)22/h4-10,13H,1-3H3,(H,18,20). The molecule has 0 heterocycles. The summed E-state index contributed by atoms with van der Waals surface area (Å²) in [7, 11) is 0. The van der Waals surface area contributed by atoms with Crippen LogP contribution in [-0.4, -0.2) is 10.8 Å². The second-order valence-corrected chi connectivity index (χ2v) is 5.36. The summed E-state index contributed by atoms with van der Waals surface area (Å²) < 4.78 is 0. The van der Waals surface area contributed by atoms with Gasteiger partial charge in [-0.3, -0.25) is 14.9 Å². The number of aryl methyl sites for hydroxylation is 2. The molecule has 0 aromatic heterocycles. The third-order valence-corrected chi connectivity index (χ3v) is 3.77. The Kier molecular flexibility index (Phi) is 4.56. The number of carbonyl (C=O) groups is 1. The highest BCUT2D eigenvalue weighted by atomic mass is 16.6. The topological polar surface area (TPSA) is 72.2 Å². The average Bonchev–Trinajstić information content (AvgIpc) is 2.50. The van der Waals surface area contributed by atoms with Crippen molar-refractivity contribution in [1.82, 2.24) is 0 Å². The molecule has 2 rings (SSSR count). The van der Waals surface area contributed by atoms with Crippen LogP contribution in [0.15, 0.2) is 42.5 Å². The first kappa shape index (κ1) is 15.7. The van der Waals surface area contributed by atoms with Crippen molar-refractivity contribution < 1.29 is 9.72 Å². The molecule has 0 aliphatic carbocycles. The van der Waals surface area contributed by atoms with Crippen LogP contribution in [0, 0.1) is 24.0 Å². The normalized spacial score (nSPS) is 11.8. The van der Waals surface area contributed by atoms with E-state index in [9.17, 15) is 14.9 Å². The maximum atomic E-state index is 12.3. The van der Waals surface area contributed by atoms with Gasteiger partial charge in [0.15, 0.2) is 0 Å². The van der Waals surface area contributed by atoms with Crippen LogP contribution in [0.3, 0.4) is 0 Å². The second kappa shape index (κ2) is 6.39. The maximum absolute atomic E-state index is 12.3. The van der Waals surface area contributed by atoms with Crippen LogP contribution in [0.25, 0.3) is 0 Å². The lowest BCUT2D eigenvalue weighted by molar-refractivity contribution is -0.384. The minimum absolute atomic E-state index is 0.0190. The van der Waals surface area contributed by atoms with E-state index in [1.54, 1.807) is 19.1 Å². The van der Waals surface area contributed by atoms with Crippen LogP contribution in [0.2, 0.25) is 0 Å². The summed E-state index contributed by atoms with van der Waals surface area (Å²) >= 11 is 0. The first-order valence-corrected chi connectivity index (χ1v) is 7.01. The smallest absolute Gasteiger partial charge is 0.269 e. The average molecular weight is 298 g/mol. The van der Waals surface area contributed by atoms with Crippen LogP contribution >= 0.6 is 0 Å². The van der Waals surface area contributed by atoms with Gasteiger partial charge in [-0.1, -0.05) is 18.2 Å². The number of non-ortho nitro benzene ring substituents is 1. The summed E-state index contributed by atoms with van der Waals surface area (Å²) in [5.41, 5.74) is 3.79. The van der Waals surface area contributed by atoms with Crippen LogP contribution < -0.4 is 5.32 Å². The molecule has 1 N–H and O–H groups in total. The fourth-order valence-electron chi connectivity index (χ4n) is 2.11. The summed E-state index contributed by atoms with van der Waals surface area (Å²) in [6.07, 6.45) is 0. The predicted octanol–water partition coefficient (Wildman–Crippen LogP) is 3.95. The monoisotopic (exact) mass is 298 g/mol. The summed E-state index contributed by atoms with van der Waals surface area (Å²) in [5, 5.41) is 13.5. The molecule has 22 heavy (non-hydrogen) atoms. The fraction of sp³-hybridized carbons (Fsp3) is 0.235. The molecule has 0 fully saturated rings. The quantitative estimate of drug-likeness (QED) is 0.686. The third kappa shape index (κ3) is 3.49. The molecule has 0 spiro atoms. The van der Waals surface area contributed by atoms with Crippen LogP contribution in [0.4, 0.5) is 11.4 Å². The molecule has 1 unspecified atom stereocenters. The molecule has 2 aromatic rings. The number of rotatable bonds is 4. The van der Waals surface area contributed by atoms with Crippen molar-refractivity contribution in [2.75, 3.05) is 5.32 Å². The van der Waals surface area contributed by atoms with Crippen molar-refractivity contribution in [1.29, 1.82) is 0 Å². The van der Waals surface area contributed by atoms with Gasteiger partial charge in [0.2, 0.25) is 5.91 Å². The zero-order chi connectivity index (χ0) is 16.3. The van der Waals surface area contributed by atoms with Gasteiger partial charge in [-0.15, -0.1) is 0 Å². The van der Waals surface area contributed by atoms with E-state index in [1.165, 1.54) is 17.7 Å². The number of hydrogen-bond donors (Lipinski definition) is 1. The second-order valence-electron chi connectivity index (χ2n) is 5.36. The lowest BCUT2D eigenvalue weighted by Gasteiger charge is -2.13. The maximum Gasteiger partial charge on any atom is 0.269 e. The molecule has 0 saturated carbocycles. The van der Waals surface area contributed by atoms with Gasteiger partial charge >= 0.3 is 0 Å².